The highest BCUT2D eigenvalue weighted by atomic mass is 35.5. The van der Waals surface area contributed by atoms with E-state index in [-0.39, 0.29) is 35.4 Å². The van der Waals surface area contributed by atoms with E-state index in [0.717, 1.165) is 16.3 Å². The summed E-state index contributed by atoms with van der Waals surface area (Å²) < 4.78 is 11.8. The fourth-order valence-electron chi connectivity index (χ4n) is 4.21. The number of carbonyl (C=O) groups excluding carboxylic acids is 2. The summed E-state index contributed by atoms with van der Waals surface area (Å²) >= 11 is 12.3. The van der Waals surface area contributed by atoms with Crippen molar-refractivity contribution in [2.75, 3.05) is 6.61 Å². The summed E-state index contributed by atoms with van der Waals surface area (Å²) in [5.74, 6) is 0.783. The maximum atomic E-state index is 12.7. The topological polar surface area (TPSA) is 109 Å². The maximum absolute atomic E-state index is 12.7. The van der Waals surface area contributed by atoms with Gasteiger partial charge in [0.25, 0.3) is 11.8 Å². The third kappa shape index (κ3) is 7.43. The highest BCUT2D eigenvalue weighted by molar-refractivity contribution is 6.32. The molecule has 216 valence electrons. The van der Waals surface area contributed by atoms with Crippen LogP contribution in [0.3, 0.4) is 0 Å². The molecule has 43 heavy (non-hydrogen) atoms. The number of carbonyl (C=O) groups is 2. The molecule has 5 aromatic carbocycles. The zero-order valence-corrected chi connectivity index (χ0v) is 24.1. The number of phenols is 1. The Hall–Kier alpha value is -5.05. The summed E-state index contributed by atoms with van der Waals surface area (Å²) in [6.07, 6.45) is 1.51. The van der Waals surface area contributed by atoms with Crippen molar-refractivity contribution in [3.8, 4) is 23.0 Å². The lowest BCUT2D eigenvalue weighted by molar-refractivity contribution is -0.123. The van der Waals surface area contributed by atoms with E-state index >= 15 is 0 Å². The van der Waals surface area contributed by atoms with Crippen LogP contribution in [0.5, 0.6) is 23.0 Å². The van der Waals surface area contributed by atoms with Crippen molar-refractivity contribution in [1.29, 1.82) is 0 Å². The van der Waals surface area contributed by atoms with Gasteiger partial charge in [0.2, 0.25) is 0 Å². The predicted molar refractivity (Wildman–Crippen MR) is 167 cm³/mol. The van der Waals surface area contributed by atoms with Crippen molar-refractivity contribution >= 4 is 52.0 Å². The second-order valence-electron chi connectivity index (χ2n) is 9.26. The van der Waals surface area contributed by atoms with Gasteiger partial charge in [-0.15, -0.1) is 0 Å². The molecule has 0 bridgehead atoms. The van der Waals surface area contributed by atoms with Crippen LogP contribution in [0.4, 0.5) is 0 Å². The molecule has 0 fully saturated rings. The Morgan fingerprint density at radius 1 is 0.814 bits per heavy atom. The first kappa shape index (κ1) is 29.4. The van der Waals surface area contributed by atoms with E-state index in [0.29, 0.717) is 27.8 Å². The number of hydrazone groups is 1. The fraction of sp³-hybridized carbons (Fsp3) is 0.0606. The molecule has 5 aromatic rings. The standard InChI is InChI=1S/C33H25Cl2N3O5/c34-27-11-6-12-31(43-23-7-2-1-3-8-23)26(27)19-36-32(40)20-42-30-16-14-22(24-9-4-5-10-25(24)30)18-37-38-33(41)21-13-15-29(39)28(35)17-21/h1-18,39H,19-20H2,(H,36,40)(H,38,41). The molecule has 5 rings (SSSR count). The number of hydrogen-bond acceptors (Lipinski definition) is 6. The van der Waals surface area contributed by atoms with Crippen LogP contribution in [-0.2, 0) is 11.3 Å². The third-order valence-corrected chi connectivity index (χ3v) is 7.02. The van der Waals surface area contributed by atoms with Crippen LogP contribution in [0.2, 0.25) is 10.0 Å². The quantitative estimate of drug-likeness (QED) is 0.115. The number of amides is 2. The van der Waals surface area contributed by atoms with Crippen molar-refractivity contribution in [2.24, 2.45) is 5.10 Å². The van der Waals surface area contributed by atoms with Crippen LogP contribution in [0, 0.1) is 0 Å². The minimum absolute atomic E-state index is 0.0672. The molecule has 0 unspecified atom stereocenters. The molecule has 0 atom stereocenters. The Kier molecular flexibility index (Phi) is 9.41. The lowest BCUT2D eigenvalue weighted by Gasteiger charge is -2.14. The SMILES string of the molecule is O=C(COc1ccc(C=NNC(=O)c2ccc(O)c(Cl)c2)c2ccccc12)NCc1c(Cl)cccc1Oc1ccccc1. The lowest BCUT2D eigenvalue weighted by atomic mass is 10.0. The molecule has 0 spiro atoms. The van der Waals surface area contributed by atoms with E-state index in [4.69, 9.17) is 32.7 Å². The normalized spacial score (nSPS) is 10.9. The van der Waals surface area contributed by atoms with Crippen LogP contribution in [-0.4, -0.2) is 29.7 Å². The minimum Gasteiger partial charge on any atom is -0.506 e. The summed E-state index contributed by atoms with van der Waals surface area (Å²) in [4.78, 5) is 25.1. The van der Waals surface area contributed by atoms with Gasteiger partial charge >= 0.3 is 0 Å². The number of phenolic OH excluding ortho intramolecular Hbond substituents is 1. The smallest absolute Gasteiger partial charge is 0.271 e. The fourth-order valence-corrected chi connectivity index (χ4v) is 4.62. The van der Waals surface area contributed by atoms with Gasteiger partial charge in [0, 0.05) is 33.6 Å². The second kappa shape index (κ2) is 13.7. The predicted octanol–water partition coefficient (Wildman–Crippen LogP) is 7.10. The van der Waals surface area contributed by atoms with Crippen molar-refractivity contribution in [3.05, 3.63) is 130 Å². The minimum atomic E-state index is -0.482. The number of benzene rings is 5. The number of nitrogens with zero attached hydrogens (tertiary/aromatic N) is 1. The maximum Gasteiger partial charge on any atom is 0.271 e. The van der Waals surface area contributed by atoms with E-state index in [1.54, 1.807) is 30.3 Å². The molecule has 0 heterocycles. The summed E-state index contributed by atoms with van der Waals surface area (Å²) in [6.45, 7) is -0.0652. The molecule has 2 amide bonds. The van der Waals surface area contributed by atoms with Crippen LogP contribution < -0.4 is 20.2 Å². The van der Waals surface area contributed by atoms with Crippen molar-refractivity contribution in [3.63, 3.8) is 0 Å². The number of hydrogen-bond donors (Lipinski definition) is 3. The molecule has 8 nitrogen and oxygen atoms in total. The third-order valence-electron chi connectivity index (χ3n) is 6.37. The summed E-state index contributed by atoms with van der Waals surface area (Å²) in [5, 5.41) is 18.6. The van der Waals surface area contributed by atoms with Gasteiger partial charge in [0.15, 0.2) is 6.61 Å². The van der Waals surface area contributed by atoms with Gasteiger partial charge in [-0.25, -0.2) is 5.43 Å². The first-order chi connectivity index (χ1) is 20.9. The molecule has 0 aliphatic rings. The molecule has 0 aliphatic heterocycles. The number of para-hydroxylation sites is 1. The number of halogens is 2. The Labute approximate surface area is 257 Å². The molecular formula is C33H25Cl2N3O5. The summed E-state index contributed by atoms with van der Waals surface area (Å²) in [6, 6.07) is 29.8. The number of fused-ring (bicyclic) bond motifs is 1. The second-order valence-corrected chi connectivity index (χ2v) is 10.1. The highest BCUT2D eigenvalue weighted by Gasteiger charge is 2.13. The molecule has 3 N–H and O–H groups in total. The molecule has 10 heteroatoms. The lowest BCUT2D eigenvalue weighted by Crippen LogP contribution is -2.28. The highest BCUT2D eigenvalue weighted by Crippen LogP contribution is 2.31. The van der Waals surface area contributed by atoms with E-state index in [2.05, 4.69) is 15.8 Å². The van der Waals surface area contributed by atoms with Gasteiger partial charge in [-0.2, -0.15) is 5.10 Å². The monoisotopic (exact) mass is 613 g/mol. The van der Waals surface area contributed by atoms with Crippen LogP contribution in [0.25, 0.3) is 10.8 Å². The van der Waals surface area contributed by atoms with Crippen molar-refractivity contribution < 1.29 is 24.2 Å². The average molecular weight is 614 g/mol. The molecule has 0 aliphatic carbocycles. The van der Waals surface area contributed by atoms with Crippen LogP contribution >= 0.6 is 23.2 Å². The first-order valence-corrected chi connectivity index (χ1v) is 13.9. The molecule has 0 aromatic heterocycles. The van der Waals surface area contributed by atoms with Gasteiger partial charge in [0.05, 0.1) is 11.2 Å². The largest absolute Gasteiger partial charge is 0.506 e. The molecule has 0 radical (unpaired) electrons. The molecular weight excluding hydrogens is 589 g/mol. The zero-order valence-electron chi connectivity index (χ0n) is 22.6. The van der Waals surface area contributed by atoms with Crippen LogP contribution in [0.15, 0.2) is 108 Å². The van der Waals surface area contributed by atoms with Gasteiger partial charge in [-0.3, -0.25) is 9.59 Å². The summed E-state index contributed by atoms with van der Waals surface area (Å²) in [5.41, 5.74) is 4.07. The van der Waals surface area contributed by atoms with Crippen LogP contribution in [0.1, 0.15) is 21.5 Å². The Morgan fingerprint density at radius 3 is 2.37 bits per heavy atom. The Bertz CT molecular complexity index is 1810. The Balaban J connectivity index is 1.22. The van der Waals surface area contributed by atoms with E-state index in [9.17, 15) is 14.7 Å². The number of aromatic hydroxyl groups is 1. The Morgan fingerprint density at radius 2 is 1.58 bits per heavy atom. The van der Waals surface area contributed by atoms with Gasteiger partial charge < -0.3 is 19.9 Å². The number of nitrogens with one attached hydrogen (secondary N) is 2. The average Bonchev–Trinajstić information content (AvgIpc) is 3.02. The molecule has 0 saturated heterocycles. The van der Waals surface area contributed by atoms with Gasteiger partial charge in [0.1, 0.15) is 23.0 Å². The van der Waals surface area contributed by atoms with Gasteiger partial charge in [-0.05, 0) is 60.0 Å². The summed E-state index contributed by atoms with van der Waals surface area (Å²) in [7, 11) is 0. The van der Waals surface area contributed by atoms with E-state index in [1.165, 1.54) is 24.4 Å². The van der Waals surface area contributed by atoms with Crippen molar-refractivity contribution in [2.45, 2.75) is 6.54 Å². The van der Waals surface area contributed by atoms with Gasteiger partial charge in [-0.1, -0.05) is 71.7 Å². The van der Waals surface area contributed by atoms with E-state index in [1.807, 2.05) is 54.6 Å². The van der Waals surface area contributed by atoms with Crippen molar-refractivity contribution in [1.82, 2.24) is 10.7 Å². The number of ether oxygens (including phenoxy) is 2. The number of rotatable bonds is 10. The zero-order chi connectivity index (χ0) is 30.2. The van der Waals surface area contributed by atoms with E-state index < -0.39 is 5.91 Å². The first-order valence-electron chi connectivity index (χ1n) is 13.1. The molecule has 0 saturated carbocycles.